The normalized spacial score (nSPS) is 15.1. The highest BCUT2D eigenvalue weighted by Gasteiger charge is 2.30. The van der Waals surface area contributed by atoms with E-state index in [0.29, 0.717) is 23.2 Å². The monoisotopic (exact) mass is 389 g/mol. The standard InChI is InChI=1S/C21H27NO6/c1-14-11-17(23)22(19(14)25)16-9-7-15(8-10-16)12-18(24)26-28-27-21(5,6)13-20(2,3)4/h7-11H,12-13H2,1-6H3. The molecule has 0 unspecified atom stereocenters. The van der Waals surface area contributed by atoms with E-state index in [1.54, 1.807) is 31.2 Å². The first-order valence-electron chi connectivity index (χ1n) is 9.09. The van der Waals surface area contributed by atoms with Crippen LogP contribution in [0.5, 0.6) is 0 Å². The molecule has 1 aliphatic rings. The zero-order valence-electron chi connectivity index (χ0n) is 17.2. The highest BCUT2D eigenvalue weighted by atomic mass is 17.5. The van der Waals surface area contributed by atoms with Crippen LogP contribution in [-0.4, -0.2) is 23.4 Å². The highest BCUT2D eigenvalue weighted by Crippen LogP contribution is 2.29. The Morgan fingerprint density at radius 1 is 1.04 bits per heavy atom. The summed E-state index contributed by atoms with van der Waals surface area (Å²) in [5.74, 6) is -1.34. The molecule has 0 fully saturated rings. The molecule has 7 heteroatoms. The summed E-state index contributed by atoms with van der Waals surface area (Å²) >= 11 is 0. The third-order valence-corrected chi connectivity index (χ3v) is 3.99. The van der Waals surface area contributed by atoms with Gasteiger partial charge in [0.25, 0.3) is 11.8 Å². The summed E-state index contributed by atoms with van der Waals surface area (Å²) in [6.07, 6.45) is 1.97. The van der Waals surface area contributed by atoms with Crippen LogP contribution in [0.1, 0.15) is 53.5 Å². The number of imide groups is 1. The van der Waals surface area contributed by atoms with Gasteiger partial charge < -0.3 is 0 Å². The average molecular weight is 389 g/mol. The molecule has 0 aromatic heterocycles. The predicted octanol–water partition coefficient (Wildman–Crippen LogP) is 3.67. The van der Waals surface area contributed by atoms with E-state index in [0.717, 1.165) is 4.90 Å². The zero-order chi connectivity index (χ0) is 21.1. The van der Waals surface area contributed by atoms with Crippen LogP contribution in [-0.2, 0) is 35.6 Å². The number of carbonyl (C=O) groups excluding carboxylic acids is 3. The molecule has 0 N–H and O–H groups in total. The van der Waals surface area contributed by atoms with E-state index in [4.69, 9.17) is 4.89 Å². The number of anilines is 1. The van der Waals surface area contributed by atoms with E-state index in [2.05, 4.69) is 30.7 Å². The lowest BCUT2D eigenvalue weighted by molar-refractivity contribution is -0.518. The first kappa shape index (κ1) is 21.8. The first-order chi connectivity index (χ1) is 12.9. The summed E-state index contributed by atoms with van der Waals surface area (Å²) in [6, 6.07) is 6.51. The molecule has 0 atom stereocenters. The van der Waals surface area contributed by atoms with Crippen molar-refractivity contribution in [1.82, 2.24) is 0 Å². The number of hydrogen-bond donors (Lipinski definition) is 0. The Kier molecular flexibility index (Phi) is 6.41. The van der Waals surface area contributed by atoms with Crippen molar-refractivity contribution in [2.45, 2.75) is 60.0 Å². The molecule has 0 aliphatic carbocycles. The van der Waals surface area contributed by atoms with Gasteiger partial charge in [-0.3, -0.25) is 14.5 Å². The fourth-order valence-corrected chi connectivity index (χ4v) is 3.25. The highest BCUT2D eigenvalue weighted by molar-refractivity contribution is 6.30. The van der Waals surface area contributed by atoms with Gasteiger partial charge >= 0.3 is 5.97 Å². The van der Waals surface area contributed by atoms with Crippen molar-refractivity contribution < 1.29 is 29.2 Å². The number of rotatable bonds is 7. The predicted molar refractivity (Wildman–Crippen MR) is 103 cm³/mol. The maximum Gasteiger partial charge on any atom is 0.349 e. The molecule has 152 valence electrons. The molecule has 1 heterocycles. The third-order valence-electron chi connectivity index (χ3n) is 3.99. The molecule has 0 spiro atoms. The second-order valence-corrected chi connectivity index (χ2v) is 8.75. The molecular weight excluding hydrogens is 362 g/mol. The van der Waals surface area contributed by atoms with Crippen molar-refractivity contribution in [3.8, 4) is 0 Å². The summed E-state index contributed by atoms with van der Waals surface area (Å²) in [4.78, 5) is 46.8. The van der Waals surface area contributed by atoms with E-state index < -0.39 is 11.6 Å². The minimum absolute atomic E-state index is 0.0325. The van der Waals surface area contributed by atoms with Gasteiger partial charge in [-0.05, 0) is 55.3 Å². The fraction of sp³-hybridized carbons (Fsp3) is 0.476. The Morgan fingerprint density at radius 3 is 2.14 bits per heavy atom. The number of amides is 2. The lowest BCUT2D eigenvalue weighted by Gasteiger charge is -2.29. The van der Waals surface area contributed by atoms with Gasteiger partial charge in [-0.25, -0.2) is 9.69 Å². The van der Waals surface area contributed by atoms with Crippen LogP contribution >= 0.6 is 0 Å². The fourth-order valence-electron chi connectivity index (χ4n) is 3.25. The second-order valence-electron chi connectivity index (χ2n) is 8.75. The van der Waals surface area contributed by atoms with E-state index in [9.17, 15) is 14.4 Å². The Bertz CT molecular complexity index is 786. The SMILES string of the molecule is CC1=CC(=O)N(c2ccc(CC(=O)OOOC(C)(C)CC(C)(C)C)cc2)C1=O. The molecule has 1 aliphatic heterocycles. The Balaban J connectivity index is 1.85. The van der Waals surface area contributed by atoms with Crippen molar-refractivity contribution in [3.63, 3.8) is 0 Å². The van der Waals surface area contributed by atoms with Gasteiger partial charge in [-0.2, -0.15) is 4.89 Å². The Hall–Kier alpha value is -2.51. The first-order valence-corrected chi connectivity index (χ1v) is 9.09. The molecule has 1 aromatic carbocycles. The van der Waals surface area contributed by atoms with Crippen molar-refractivity contribution in [3.05, 3.63) is 41.5 Å². The van der Waals surface area contributed by atoms with E-state index in [1.807, 2.05) is 13.8 Å². The van der Waals surface area contributed by atoms with Crippen LogP contribution in [0, 0.1) is 5.41 Å². The van der Waals surface area contributed by atoms with Gasteiger partial charge in [0.2, 0.25) is 0 Å². The lowest BCUT2D eigenvalue weighted by atomic mass is 9.84. The molecule has 0 saturated carbocycles. The minimum atomic E-state index is -0.620. The van der Waals surface area contributed by atoms with E-state index in [-0.39, 0.29) is 23.7 Å². The number of carbonyl (C=O) groups is 3. The van der Waals surface area contributed by atoms with Gasteiger partial charge in [-0.1, -0.05) is 32.9 Å². The van der Waals surface area contributed by atoms with Gasteiger partial charge in [0, 0.05) is 11.6 Å². The number of nitrogens with zero attached hydrogens (tertiary/aromatic N) is 1. The smallest absolute Gasteiger partial charge is 0.269 e. The summed E-state index contributed by atoms with van der Waals surface area (Å²) in [7, 11) is 0. The lowest BCUT2D eigenvalue weighted by Crippen LogP contribution is -2.31. The van der Waals surface area contributed by atoms with Crippen molar-refractivity contribution in [1.29, 1.82) is 0 Å². The van der Waals surface area contributed by atoms with Gasteiger partial charge in [-0.15, -0.1) is 0 Å². The van der Waals surface area contributed by atoms with E-state index >= 15 is 0 Å². The topological polar surface area (TPSA) is 82.1 Å². The number of hydrogen-bond acceptors (Lipinski definition) is 6. The quantitative estimate of drug-likeness (QED) is 0.402. The molecule has 2 amide bonds. The summed E-state index contributed by atoms with van der Waals surface area (Å²) in [5.41, 5.74) is 0.911. The summed E-state index contributed by atoms with van der Waals surface area (Å²) in [6.45, 7) is 11.5. The Labute approximate surface area is 165 Å². The van der Waals surface area contributed by atoms with Gasteiger partial charge in [0.1, 0.15) is 5.60 Å². The maximum absolute atomic E-state index is 12.0. The molecule has 7 nitrogen and oxygen atoms in total. The van der Waals surface area contributed by atoms with Crippen LogP contribution in [0.4, 0.5) is 5.69 Å². The second kappa shape index (κ2) is 8.24. The summed E-state index contributed by atoms with van der Waals surface area (Å²) in [5, 5.41) is 4.67. The molecule has 0 radical (unpaired) electrons. The minimum Gasteiger partial charge on any atom is -0.269 e. The van der Waals surface area contributed by atoms with Crippen LogP contribution in [0.15, 0.2) is 35.9 Å². The largest absolute Gasteiger partial charge is 0.349 e. The van der Waals surface area contributed by atoms with Crippen LogP contribution in [0.2, 0.25) is 0 Å². The molecule has 0 saturated heterocycles. The van der Waals surface area contributed by atoms with Crippen LogP contribution in [0.25, 0.3) is 0 Å². The molecule has 28 heavy (non-hydrogen) atoms. The molecule has 0 bridgehead atoms. The molecule has 1 aromatic rings. The van der Waals surface area contributed by atoms with Crippen molar-refractivity contribution in [2.24, 2.45) is 5.41 Å². The molecular formula is C21H27NO6. The van der Waals surface area contributed by atoms with Crippen molar-refractivity contribution in [2.75, 3.05) is 4.90 Å². The van der Waals surface area contributed by atoms with Gasteiger partial charge in [0.05, 0.1) is 12.1 Å². The van der Waals surface area contributed by atoms with Crippen LogP contribution < -0.4 is 4.90 Å². The third kappa shape index (κ3) is 6.00. The maximum atomic E-state index is 12.0. The Morgan fingerprint density at radius 2 is 1.64 bits per heavy atom. The molecule has 2 rings (SSSR count). The average Bonchev–Trinajstić information content (AvgIpc) is 2.78. The number of benzene rings is 1. The summed E-state index contributed by atoms with van der Waals surface area (Å²) < 4.78 is 0. The van der Waals surface area contributed by atoms with Crippen molar-refractivity contribution >= 4 is 23.5 Å². The van der Waals surface area contributed by atoms with Crippen LogP contribution in [0.3, 0.4) is 0 Å². The zero-order valence-corrected chi connectivity index (χ0v) is 17.2. The van der Waals surface area contributed by atoms with Gasteiger partial charge in [0.15, 0.2) is 0 Å². The van der Waals surface area contributed by atoms with E-state index in [1.165, 1.54) is 6.08 Å².